The van der Waals surface area contributed by atoms with Gasteiger partial charge in [-0.25, -0.2) is 0 Å². The van der Waals surface area contributed by atoms with Crippen LogP contribution < -0.4 is 10.2 Å². The Hall–Kier alpha value is -2.96. The topological polar surface area (TPSA) is 76.7 Å². The quantitative estimate of drug-likeness (QED) is 0.584. The smallest absolute Gasteiger partial charge is 0.178 e. The number of rotatable bonds is 4. The van der Waals surface area contributed by atoms with Gasteiger partial charge in [0.1, 0.15) is 5.75 Å². The molecule has 0 aliphatic rings. The first-order chi connectivity index (χ1) is 10.3. The molecule has 0 amide bonds. The first-order valence-corrected chi connectivity index (χ1v) is 6.39. The van der Waals surface area contributed by atoms with Crippen LogP contribution in [-0.2, 0) is 0 Å². The zero-order chi connectivity index (χ0) is 14.7. The van der Waals surface area contributed by atoms with Crippen molar-refractivity contribution in [3.8, 4) is 5.75 Å². The Morgan fingerprint density at radius 3 is 2.90 bits per heavy atom. The number of hydrazone groups is 1. The largest absolute Gasteiger partial charge is 0.496 e. The normalized spacial score (nSPS) is 11.1. The number of aryl methyl sites for hydroxylation is 1. The Morgan fingerprint density at radius 2 is 2.05 bits per heavy atom. The number of aromatic nitrogens is 4. The summed E-state index contributed by atoms with van der Waals surface area (Å²) in [6, 6.07) is 11.3. The number of hydrogen-bond donors (Lipinski definition) is 1. The van der Waals surface area contributed by atoms with E-state index in [0.29, 0.717) is 11.5 Å². The molecule has 7 heteroatoms. The molecule has 0 aliphatic carbocycles. The summed E-state index contributed by atoms with van der Waals surface area (Å²) in [7, 11) is 1.63. The summed E-state index contributed by atoms with van der Waals surface area (Å²) in [4.78, 5) is 0. The van der Waals surface area contributed by atoms with E-state index in [1.807, 2.05) is 37.3 Å². The second-order valence-corrected chi connectivity index (χ2v) is 4.35. The average Bonchev–Trinajstić information content (AvgIpc) is 2.89. The molecule has 0 unspecified atom stereocenters. The summed E-state index contributed by atoms with van der Waals surface area (Å²) in [6.45, 7) is 1.84. The predicted octanol–water partition coefficient (Wildman–Crippen LogP) is 1.89. The Labute approximate surface area is 121 Å². The minimum Gasteiger partial charge on any atom is -0.496 e. The molecule has 7 nitrogen and oxygen atoms in total. The first kappa shape index (κ1) is 13.0. The summed E-state index contributed by atoms with van der Waals surface area (Å²) in [6.07, 6.45) is 1.68. The Kier molecular flexibility index (Phi) is 3.46. The van der Waals surface area contributed by atoms with Crippen LogP contribution in [0.25, 0.3) is 5.65 Å². The predicted molar refractivity (Wildman–Crippen MR) is 79.7 cm³/mol. The number of anilines is 1. The summed E-state index contributed by atoms with van der Waals surface area (Å²) >= 11 is 0. The third-order valence-corrected chi connectivity index (χ3v) is 2.94. The molecule has 3 rings (SSSR count). The molecule has 3 aromatic rings. The number of fused-ring (bicyclic) bond motifs is 1. The molecule has 2 aromatic heterocycles. The van der Waals surface area contributed by atoms with Crippen molar-refractivity contribution in [1.82, 2.24) is 19.8 Å². The lowest BCUT2D eigenvalue weighted by atomic mass is 10.2. The summed E-state index contributed by atoms with van der Waals surface area (Å²) in [5.74, 6) is 2.10. The first-order valence-electron chi connectivity index (χ1n) is 6.39. The molecule has 0 bridgehead atoms. The van der Waals surface area contributed by atoms with Crippen molar-refractivity contribution in [2.24, 2.45) is 5.10 Å². The monoisotopic (exact) mass is 282 g/mol. The molecule has 106 valence electrons. The Bertz CT molecular complexity index is 795. The number of nitrogens with zero attached hydrogens (tertiary/aromatic N) is 5. The summed E-state index contributed by atoms with van der Waals surface area (Å²) < 4.78 is 6.91. The molecule has 0 saturated heterocycles. The standard InChI is InChI=1S/C14H14N6O/c1-10-16-18-14-8-7-13(19-20(10)14)17-15-9-11-5-3-4-6-12(11)21-2/h3-9H,1-2H3,(H,17,19)/b15-9+. The van der Waals surface area contributed by atoms with E-state index in [1.165, 1.54) is 0 Å². The molecule has 2 heterocycles. The highest BCUT2D eigenvalue weighted by atomic mass is 16.5. The number of benzene rings is 1. The Balaban J connectivity index is 1.79. The third-order valence-electron chi connectivity index (χ3n) is 2.94. The van der Waals surface area contributed by atoms with E-state index in [4.69, 9.17) is 4.74 Å². The number of ether oxygens (including phenoxy) is 1. The maximum atomic E-state index is 5.26. The van der Waals surface area contributed by atoms with E-state index < -0.39 is 0 Å². The van der Waals surface area contributed by atoms with Crippen LogP contribution >= 0.6 is 0 Å². The van der Waals surface area contributed by atoms with Crippen LogP contribution in [0.2, 0.25) is 0 Å². The molecule has 0 radical (unpaired) electrons. The average molecular weight is 282 g/mol. The lowest BCUT2D eigenvalue weighted by molar-refractivity contribution is 0.414. The minimum absolute atomic E-state index is 0.608. The molecule has 0 atom stereocenters. The van der Waals surface area contributed by atoms with Gasteiger partial charge in [-0.15, -0.1) is 15.3 Å². The van der Waals surface area contributed by atoms with Crippen molar-refractivity contribution in [3.05, 3.63) is 47.8 Å². The van der Waals surface area contributed by atoms with Crippen molar-refractivity contribution in [2.75, 3.05) is 12.5 Å². The van der Waals surface area contributed by atoms with E-state index in [0.717, 1.165) is 17.1 Å². The van der Waals surface area contributed by atoms with Gasteiger partial charge in [-0.05, 0) is 31.2 Å². The van der Waals surface area contributed by atoms with Crippen molar-refractivity contribution in [3.63, 3.8) is 0 Å². The van der Waals surface area contributed by atoms with Crippen LogP contribution in [0.5, 0.6) is 5.75 Å². The van der Waals surface area contributed by atoms with E-state index >= 15 is 0 Å². The van der Waals surface area contributed by atoms with Crippen LogP contribution in [-0.4, -0.2) is 33.1 Å². The zero-order valence-electron chi connectivity index (χ0n) is 11.7. The molecule has 0 spiro atoms. The summed E-state index contributed by atoms with van der Waals surface area (Å²) in [5.41, 5.74) is 4.46. The second-order valence-electron chi connectivity index (χ2n) is 4.35. The molecular formula is C14H14N6O. The fourth-order valence-corrected chi connectivity index (χ4v) is 1.90. The van der Waals surface area contributed by atoms with E-state index in [9.17, 15) is 0 Å². The van der Waals surface area contributed by atoms with Crippen molar-refractivity contribution in [2.45, 2.75) is 6.92 Å². The van der Waals surface area contributed by atoms with Crippen LogP contribution in [0.3, 0.4) is 0 Å². The Morgan fingerprint density at radius 1 is 1.19 bits per heavy atom. The highest BCUT2D eigenvalue weighted by Gasteiger charge is 2.02. The fourth-order valence-electron chi connectivity index (χ4n) is 1.90. The van der Waals surface area contributed by atoms with Crippen molar-refractivity contribution >= 4 is 17.7 Å². The molecule has 1 aromatic carbocycles. The van der Waals surface area contributed by atoms with Gasteiger partial charge >= 0.3 is 0 Å². The van der Waals surface area contributed by atoms with Crippen LogP contribution in [0.4, 0.5) is 5.82 Å². The van der Waals surface area contributed by atoms with Gasteiger partial charge in [0, 0.05) is 5.56 Å². The van der Waals surface area contributed by atoms with Crippen LogP contribution in [0, 0.1) is 6.92 Å². The number of methoxy groups -OCH3 is 1. The lowest BCUT2D eigenvalue weighted by Gasteiger charge is -2.03. The maximum Gasteiger partial charge on any atom is 0.178 e. The molecule has 0 aliphatic heterocycles. The molecule has 0 fully saturated rings. The van der Waals surface area contributed by atoms with Crippen molar-refractivity contribution < 1.29 is 4.74 Å². The molecular weight excluding hydrogens is 268 g/mol. The fraction of sp³-hybridized carbons (Fsp3) is 0.143. The summed E-state index contributed by atoms with van der Waals surface area (Å²) in [5, 5.41) is 16.4. The second kappa shape index (κ2) is 5.58. The molecule has 1 N–H and O–H groups in total. The van der Waals surface area contributed by atoms with Crippen molar-refractivity contribution in [1.29, 1.82) is 0 Å². The zero-order valence-corrected chi connectivity index (χ0v) is 11.7. The van der Waals surface area contributed by atoms with Gasteiger partial charge in [0.05, 0.1) is 13.3 Å². The molecule has 0 saturated carbocycles. The van der Waals surface area contributed by atoms with E-state index in [1.54, 1.807) is 23.9 Å². The lowest BCUT2D eigenvalue weighted by Crippen LogP contribution is -2.00. The van der Waals surface area contributed by atoms with Gasteiger partial charge in [0.2, 0.25) is 0 Å². The van der Waals surface area contributed by atoms with Gasteiger partial charge in [-0.1, -0.05) is 12.1 Å². The minimum atomic E-state index is 0.608. The SMILES string of the molecule is COc1ccccc1/C=N/Nc1ccc2nnc(C)n2n1. The van der Waals surface area contributed by atoms with E-state index in [2.05, 4.69) is 25.8 Å². The maximum absolute atomic E-state index is 5.26. The number of hydrogen-bond acceptors (Lipinski definition) is 6. The highest BCUT2D eigenvalue weighted by molar-refractivity contribution is 5.83. The van der Waals surface area contributed by atoms with E-state index in [-0.39, 0.29) is 0 Å². The third kappa shape index (κ3) is 2.66. The van der Waals surface area contributed by atoms with Crippen LogP contribution in [0.15, 0.2) is 41.5 Å². The van der Waals surface area contributed by atoms with Gasteiger partial charge in [-0.2, -0.15) is 9.62 Å². The molecule has 21 heavy (non-hydrogen) atoms. The number of nitrogens with one attached hydrogen (secondary N) is 1. The van der Waals surface area contributed by atoms with Gasteiger partial charge in [0.15, 0.2) is 17.3 Å². The van der Waals surface area contributed by atoms with Gasteiger partial charge in [-0.3, -0.25) is 5.43 Å². The van der Waals surface area contributed by atoms with Gasteiger partial charge in [0.25, 0.3) is 0 Å². The van der Waals surface area contributed by atoms with Crippen LogP contribution in [0.1, 0.15) is 11.4 Å². The van der Waals surface area contributed by atoms with Gasteiger partial charge < -0.3 is 4.74 Å². The highest BCUT2D eigenvalue weighted by Crippen LogP contribution is 2.14. The number of para-hydroxylation sites is 1.